The van der Waals surface area contributed by atoms with E-state index < -0.39 is 0 Å². The number of hydrogen-bond donors (Lipinski definition) is 2. The number of aryl methyl sites for hydroxylation is 1. The smallest absolute Gasteiger partial charge is 0.191 e. The molecular weight excluding hydrogens is 381 g/mol. The molecule has 0 bridgehead atoms. The van der Waals surface area contributed by atoms with Crippen LogP contribution in [0.25, 0.3) is 0 Å². The molecule has 1 unspecified atom stereocenters. The standard InChI is InChI=1S/C15H25N3O2.HI/c1-12-6-5-7-14(10-12)20-9-8-17-15(16-3)18-13(2)11-19-4;/h5-7,10,13H,8-9,11H2,1-4H3,(H2,16,17,18);1H. The Morgan fingerprint density at radius 3 is 2.76 bits per heavy atom. The number of rotatable bonds is 7. The van der Waals surface area contributed by atoms with Gasteiger partial charge in [0.25, 0.3) is 0 Å². The number of aliphatic imine (C=N–C) groups is 1. The Labute approximate surface area is 144 Å². The number of nitrogens with one attached hydrogen (secondary N) is 2. The first-order valence-corrected chi connectivity index (χ1v) is 6.81. The van der Waals surface area contributed by atoms with Crippen molar-refractivity contribution in [3.05, 3.63) is 29.8 Å². The number of guanidine groups is 1. The summed E-state index contributed by atoms with van der Waals surface area (Å²) in [6.45, 7) is 6.00. The molecule has 2 N–H and O–H groups in total. The lowest BCUT2D eigenvalue weighted by Gasteiger charge is -2.17. The summed E-state index contributed by atoms with van der Waals surface area (Å²) >= 11 is 0. The van der Waals surface area contributed by atoms with Crippen molar-refractivity contribution in [2.75, 3.05) is 33.9 Å². The van der Waals surface area contributed by atoms with Crippen LogP contribution in [-0.2, 0) is 4.74 Å². The molecule has 0 aliphatic carbocycles. The van der Waals surface area contributed by atoms with Crippen LogP contribution in [0, 0.1) is 6.92 Å². The van der Waals surface area contributed by atoms with Crippen molar-refractivity contribution in [2.45, 2.75) is 19.9 Å². The highest BCUT2D eigenvalue weighted by Crippen LogP contribution is 2.11. The quantitative estimate of drug-likeness (QED) is 0.315. The maximum absolute atomic E-state index is 5.66. The van der Waals surface area contributed by atoms with Gasteiger partial charge in [0.05, 0.1) is 13.2 Å². The van der Waals surface area contributed by atoms with Gasteiger partial charge in [-0.2, -0.15) is 0 Å². The van der Waals surface area contributed by atoms with Crippen LogP contribution in [0.5, 0.6) is 5.75 Å². The van der Waals surface area contributed by atoms with Gasteiger partial charge >= 0.3 is 0 Å². The first-order chi connectivity index (χ1) is 9.65. The second-order valence-corrected chi connectivity index (χ2v) is 4.66. The molecule has 0 fully saturated rings. The number of methoxy groups -OCH3 is 1. The number of ether oxygens (including phenoxy) is 2. The van der Waals surface area contributed by atoms with E-state index in [4.69, 9.17) is 9.47 Å². The van der Waals surface area contributed by atoms with Crippen molar-refractivity contribution in [1.29, 1.82) is 0 Å². The summed E-state index contributed by atoms with van der Waals surface area (Å²) < 4.78 is 10.7. The van der Waals surface area contributed by atoms with Crippen molar-refractivity contribution in [3.8, 4) is 5.75 Å². The van der Waals surface area contributed by atoms with E-state index >= 15 is 0 Å². The summed E-state index contributed by atoms with van der Waals surface area (Å²) in [5.41, 5.74) is 1.20. The summed E-state index contributed by atoms with van der Waals surface area (Å²) in [7, 11) is 3.43. The van der Waals surface area contributed by atoms with Crippen LogP contribution in [0.15, 0.2) is 29.3 Å². The summed E-state index contributed by atoms with van der Waals surface area (Å²) in [6.07, 6.45) is 0. The predicted molar refractivity (Wildman–Crippen MR) is 97.9 cm³/mol. The molecule has 6 heteroatoms. The van der Waals surface area contributed by atoms with Gasteiger partial charge in [0.1, 0.15) is 12.4 Å². The molecule has 0 spiro atoms. The molecule has 1 atom stereocenters. The van der Waals surface area contributed by atoms with Gasteiger partial charge in [0.15, 0.2) is 5.96 Å². The molecular formula is C15H26IN3O2. The topological polar surface area (TPSA) is 54.9 Å². The van der Waals surface area contributed by atoms with Gasteiger partial charge < -0.3 is 20.1 Å². The van der Waals surface area contributed by atoms with Gasteiger partial charge in [-0.05, 0) is 31.5 Å². The maximum Gasteiger partial charge on any atom is 0.191 e. The van der Waals surface area contributed by atoms with E-state index in [9.17, 15) is 0 Å². The zero-order chi connectivity index (χ0) is 14.8. The molecule has 0 aliphatic heterocycles. The molecule has 1 rings (SSSR count). The van der Waals surface area contributed by atoms with Crippen molar-refractivity contribution < 1.29 is 9.47 Å². The van der Waals surface area contributed by atoms with Crippen LogP contribution in [0.2, 0.25) is 0 Å². The number of nitrogens with zero attached hydrogens (tertiary/aromatic N) is 1. The molecule has 0 saturated carbocycles. The zero-order valence-corrected chi connectivity index (χ0v) is 15.5. The molecule has 1 aromatic carbocycles. The molecule has 5 nitrogen and oxygen atoms in total. The fourth-order valence-corrected chi connectivity index (χ4v) is 1.76. The minimum Gasteiger partial charge on any atom is -0.492 e. The van der Waals surface area contributed by atoms with E-state index in [0.29, 0.717) is 19.8 Å². The lowest BCUT2D eigenvalue weighted by molar-refractivity contribution is 0.179. The Balaban J connectivity index is 0.00000400. The minimum atomic E-state index is 0. The molecule has 0 heterocycles. The predicted octanol–water partition coefficient (Wildman–Crippen LogP) is 2.19. The lowest BCUT2D eigenvalue weighted by atomic mass is 10.2. The monoisotopic (exact) mass is 407 g/mol. The average molecular weight is 407 g/mol. The van der Waals surface area contributed by atoms with E-state index in [0.717, 1.165) is 11.7 Å². The Hall–Kier alpha value is -1.02. The first-order valence-electron chi connectivity index (χ1n) is 6.81. The Kier molecular flexibility index (Phi) is 11.1. The lowest BCUT2D eigenvalue weighted by Crippen LogP contribution is -2.45. The first kappa shape index (κ1) is 20.0. The van der Waals surface area contributed by atoms with Crippen molar-refractivity contribution in [1.82, 2.24) is 10.6 Å². The fourth-order valence-electron chi connectivity index (χ4n) is 1.76. The molecule has 0 amide bonds. The van der Waals surface area contributed by atoms with E-state index in [1.807, 2.05) is 38.1 Å². The highest BCUT2D eigenvalue weighted by atomic mass is 127. The zero-order valence-electron chi connectivity index (χ0n) is 13.2. The van der Waals surface area contributed by atoms with Crippen molar-refractivity contribution in [3.63, 3.8) is 0 Å². The molecule has 0 aliphatic rings. The van der Waals surface area contributed by atoms with Gasteiger partial charge in [0, 0.05) is 20.2 Å². The molecule has 0 aromatic heterocycles. The van der Waals surface area contributed by atoms with E-state index in [-0.39, 0.29) is 30.0 Å². The van der Waals surface area contributed by atoms with Crippen LogP contribution in [0.1, 0.15) is 12.5 Å². The SMILES string of the molecule is CN=C(NCCOc1cccc(C)c1)NC(C)COC.I. The van der Waals surface area contributed by atoms with Gasteiger partial charge in [-0.1, -0.05) is 12.1 Å². The molecule has 0 saturated heterocycles. The number of halogens is 1. The van der Waals surface area contributed by atoms with Crippen molar-refractivity contribution in [2.24, 2.45) is 4.99 Å². The van der Waals surface area contributed by atoms with Gasteiger partial charge in [-0.15, -0.1) is 24.0 Å². The Morgan fingerprint density at radius 1 is 1.38 bits per heavy atom. The van der Waals surface area contributed by atoms with Crippen LogP contribution in [0.4, 0.5) is 0 Å². The highest BCUT2D eigenvalue weighted by Gasteiger charge is 2.03. The Bertz CT molecular complexity index is 427. The van der Waals surface area contributed by atoms with Gasteiger partial charge in [-0.25, -0.2) is 0 Å². The summed E-state index contributed by atoms with van der Waals surface area (Å²) in [6, 6.07) is 8.23. The minimum absolute atomic E-state index is 0. The third kappa shape index (κ3) is 8.77. The molecule has 1 aromatic rings. The van der Waals surface area contributed by atoms with Crippen LogP contribution in [0.3, 0.4) is 0 Å². The summed E-state index contributed by atoms with van der Waals surface area (Å²) in [4.78, 5) is 4.15. The van der Waals surface area contributed by atoms with Crippen molar-refractivity contribution >= 4 is 29.9 Å². The highest BCUT2D eigenvalue weighted by molar-refractivity contribution is 14.0. The van der Waals surface area contributed by atoms with Crippen LogP contribution < -0.4 is 15.4 Å². The third-order valence-corrected chi connectivity index (χ3v) is 2.68. The van der Waals surface area contributed by atoms with Crippen LogP contribution in [-0.4, -0.2) is 45.9 Å². The largest absolute Gasteiger partial charge is 0.492 e. The molecule has 120 valence electrons. The second kappa shape index (κ2) is 11.6. The van der Waals surface area contributed by atoms with E-state index in [1.54, 1.807) is 14.2 Å². The van der Waals surface area contributed by atoms with Gasteiger partial charge in [0.2, 0.25) is 0 Å². The third-order valence-electron chi connectivity index (χ3n) is 2.68. The van der Waals surface area contributed by atoms with E-state index in [2.05, 4.69) is 15.6 Å². The summed E-state index contributed by atoms with van der Waals surface area (Å²) in [5.74, 6) is 1.64. The van der Waals surface area contributed by atoms with E-state index in [1.165, 1.54) is 5.56 Å². The van der Waals surface area contributed by atoms with Gasteiger partial charge in [-0.3, -0.25) is 4.99 Å². The fraction of sp³-hybridized carbons (Fsp3) is 0.533. The number of benzene rings is 1. The van der Waals surface area contributed by atoms with Crippen LogP contribution >= 0.6 is 24.0 Å². The molecule has 0 radical (unpaired) electrons. The normalized spacial score (nSPS) is 12.3. The number of hydrogen-bond acceptors (Lipinski definition) is 3. The second-order valence-electron chi connectivity index (χ2n) is 4.66. The maximum atomic E-state index is 5.66. The Morgan fingerprint density at radius 2 is 2.14 bits per heavy atom. The average Bonchev–Trinajstić information content (AvgIpc) is 2.42. The summed E-state index contributed by atoms with van der Waals surface area (Å²) in [5, 5.41) is 6.44. The molecule has 21 heavy (non-hydrogen) atoms.